The summed E-state index contributed by atoms with van der Waals surface area (Å²) in [5.41, 5.74) is 3.10. The second kappa shape index (κ2) is 5.04. The molecule has 1 N–H and O–H groups in total. The van der Waals surface area contributed by atoms with Crippen molar-refractivity contribution in [3.05, 3.63) is 53.0 Å². The summed E-state index contributed by atoms with van der Waals surface area (Å²) in [7, 11) is 1.80. The third-order valence-corrected chi connectivity index (χ3v) is 3.60. The van der Waals surface area contributed by atoms with Gasteiger partial charge in [0, 0.05) is 24.8 Å². The molecule has 1 aromatic carbocycles. The summed E-state index contributed by atoms with van der Waals surface area (Å²) in [5.74, 6) is 1.69. The van der Waals surface area contributed by atoms with E-state index in [1.165, 1.54) is 5.56 Å². The first kappa shape index (κ1) is 12.8. The zero-order valence-electron chi connectivity index (χ0n) is 11.8. The molecule has 3 rings (SSSR count). The lowest BCUT2D eigenvalue weighted by Crippen LogP contribution is -2.26. The van der Waals surface area contributed by atoms with Gasteiger partial charge in [0.25, 0.3) is 5.91 Å². The SMILES string of the molecule is Cc1ccc(CN(C)C(=O)c2ccc3c(c2)CCN3)o1. The molecule has 0 spiro atoms. The van der Waals surface area contributed by atoms with Gasteiger partial charge in [-0.1, -0.05) is 0 Å². The molecule has 1 aliphatic rings. The molecular weight excluding hydrogens is 252 g/mol. The Bertz CT molecular complexity index is 646. The van der Waals surface area contributed by atoms with Crippen LogP contribution < -0.4 is 5.32 Å². The summed E-state index contributed by atoms with van der Waals surface area (Å²) in [5, 5.41) is 3.30. The first-order valence-electron chi connectivity index (χ1n) is 6.81. The largest absolute Gasteiger partial charge is 0.464 e. The van der Waals surface area contributed by atoms with Crippen molar-refractivity contribution in [2.75, 3.05) is 18.9 Å². The Labute approximate surface area is 118 Å². The van der Waals surface area contributed by atoms with Crippen molar-refractivity contribution < 1.29 is 9.21 Å². The average Bonchev–Trinajstić information content (AvgIpc) is 3.05. The van der Waals surface area contributed by atoms with Crippen molar-refractivity contribution >= 4 is 11.6 Å². The van der Waals surface area contributed by atoms with Crippen LogP contribution in [0.3, 0.4) is 0 Å². The molecule has 0 bridgehead atoms. The van der Waals surface area contributed by atoms with E-state index in [4.69, 9.17) is 4.42 Å². The lowest BCUT2D eigenvalue weighted by atomic mass is 10.1. The summed E-state index contributed by atoms with van der Waals surface area (Å²) >= 11 is 0. The van der Waals surface area contributed by atoms with Gasteiger partial charge in [-0.05, 0) is 49.2 Å². The summed E-state index contributed by atoms with van der Waals surface area (Å²) in [6, 6.07) is 9.67. The Morgan fingerprint density at radius 2 is 2.20 bits per heavy atom. The van der Waals surface area contributed by atoms with E-state index in [9.17, 15) is 4.79 Å². The Hall–Kier alpha value is -2.23. The number of hydrogen-bond acceptors (Lipinski definition) is 3. The fourth-order valence-corrected chi connectivity index (χ4v) is 2.53. The van der Waals surface area contributed by atoms with Crippen LogP contribution in [0.2, 0.25) is 0 Å². The third kappa shape index (κ3) is 2.41. The maximum absolute atomic E-state index is 12.4. The minimum Gasteiger partial charge on any atom is -0.464 e. The molecule has 0 saturated heterocycles. The Morgan fingerprint density at radius 3 is 2.95 bits per heavy atom. The predicted octanol–water partition coefficient (Wildman–Crippen LogP) is 2.83. The number of hydrogen-bond donors (Lipinski definition) is 1. The number of furan rings is 1. The van der Waals surface area contributed by atoms with Gasteiger partial charge in [0.05, 0.1) is 6.54 Å². The molecular formula is C16H18N2O2. The predicted molar refractivity (Wildman–Crippen MR) is 77.9 cm³/mol. The fourth-order valence-electron chi connectivity index (χ4n) is 2.53. The van der Waals surface area contributed by atoms with Crippen molar-refractivity contribution in [3.8, 4) is 0 Å². The van der Waals surface area contributed by atoms with Crippen molar-refractivity contribution in [1.82, 2.24) is 4.90 Å². The number of rotatable bonds is 3. The molecule has 0 fully saturated rings. The highest BCUT2D eigenvalue weighted by Gasteiger charge is 2.17. The number of carbonyl (C=O) groups excluding carboxylic acids is 1. The molecule has 0 unspecified atom stereocenters. The fraction of sp³-hybridized carbons (Fsp3) is 0.312. The molecule has 0 aliphatic carbocycles. The number of anilines is 1. The molecule has 20 heavy (non-hydrogen) atoms. The molecule has 1 aliphatic heterocycles. The standard InChI is InChI=1S/C16H18N2O2/c1-11-3-5-14(20-11)10-18(2)16(19)13-4-6-15-12(9-13)7-8-17-15/h3-6,9,17H,7-8,10H2,1-2H3. The van der Waals surface area contributed by atoms with E-state index < -0.39 is 0 Å². The van der Waals surface area contributed by atoms with Gasteiger partial charge in [0.15, 0.2) is 0 Å². The van der Waals surface area contributed by atoms with Crippen LogP contribution >= 0.6 is 0 Å². The maximum Gasteiger partial charge on any atom is 0.254 e. The molecule has 1 amide bonds. The molecule has 104 valence electrons. The Balaban J connectivity index is 1.74. The van der Waals surface area contributed by atoms with Crippen molar-refractivity contribution in [1.29, 1.82) is 0 Å². The monoisotopic (exact) mass is 270 g/mol. The van der Waals surface area contributed by atoms with Gasteiger partial charge in [-0.3, -0.25) is 4.79 Å². The smallest absolute Gasteiger partial charge is 0.254 e. The number of nitrogens with zero attached hydrogens (tertiary/aromatic N) is 1. The van der Waals surface area contributed by atoms with E-state index in [0.717, 1.165) is 35.7 Å². The number of benzene rings is 1. The van der Waals surface area contributed by atoms with E-state index in [0.29, 0.717) is 6.54 Å². The van der Waals surface area contributed by atoms with Crippen LogP contribution in [-0.4, -0.2) is 24.4 Å². The minimum atomic E-state index is 0.0220. The quantitative estimate of drug-likeness (QED) is 0.932. The van der Waals surface area contributed by atoms with Gasteiger partial charge >= 0.3 is 0 Å². The summed E-state index contributed by atoms with van der Waals surface area (Å²) in [6.07, 6.45) is 0.984. The van der Waals surface area contributed by atoms with Crippen LogP contribution in [0.5, 0.6) is 0 Å². The highest BCUT2D eigenvalue weighted by molar-refractivity contribution is 5.94. The average molecular weight is 270 g/mol. The number of fused-ring (bicyclic) bond motifs is 1. The van der Waals surface area contributed by atoms with Gasteiger partial charge in [0.1, 0.15) is 11.5 Å². The normalized spacial score (nSPS) is 12.9. The van der Waals surface area contributed by atoms with Crippen LogP contribution in [0.25, 0.3) is 0 Å². The number of carbonyl (C=O) groups is 1. The zero-order valence-corrected chi connectivity index (χ0v) is 11.8. The molecule has 1 aromatic heterocycles. The molecule has 0 atom stereocenters. The van der Waals surface area contributed by atoms with E-state index in [1.807, 2.05) is 37.3 Å². The summed E-state index contributed by atoms with van der Waals surface area (Å²) < 4.78 is 5.51. The van der Waals surface area contributed by atoms with Crippen molar-refractivity contribution in [2.24, 2.45) is 0 Å². The van der Waals surface area contributed by atoms with Crippen LogP contribution in [-0.2, 0) is 13.0 Å². The van der Waals surface area contributed by atoms with E-state index >= 15 is 0 Å². The Kier molecular flexibility index (Phi) is 3.22. The number of aryl methyl sites for hydroxylation is 1. The highest BCUT2D eigenvalue weighted by atomic mass is 16.3. The third-order valence-electron chi connectivity index (χ3n) is 3.60. The van der Waals surface area contributed by atoms with Crippen LogP contribution in [0.15, 0.2) is 34.7 Å². The Morgan fingerprint density at radius 1 is 1.35 bits per heavy atom. The van der Waals surface area contributed by atoms with Gasteiger partial charge in [0.2, 0.25) is 0 Å². The second-order valence-corrected chi connectivity index (χ2v) is 5.22. The van der Waals surface area contributed by atoms with Crippen LogP contribution in [0, 0.1) is 6.92 Å². The first-order valence-corrected chi connectivity index (χ1v) is 6.81. The first-order chi connectivity index (χ1) is 9.63. The molecule has 0 saturated carbocycles. The van der Waals surface area contributed by atoms with Crippen molar-refractivity contribution in [3.63, 3.8) is 0 Å². The van der Waals surface area contributed by atoms with Crippen molar-refractivity contribution in [2.45, 2.75) is 19.9 Å². The number of nitrogens with one attached hydrogen (secondary N) is 1. The lowest BCUT2D eigenvalue weighted by Gasteiger charge is -2.16. The molecule has 4 nitrogen and oxygen atoms in total. The molecule has 2 aromatic rings. The summed E-state index contributed by atoms with van der Waals surface area (Å²) in [6.45, 7) is 3.34. The van der Waals surface area contributed by atoms with Crippen LogP contribution in [0.1, 0.15) is 27.4 Å². The van der Waals surface area contributed by atoms with E-state index in [-0.39, 0.29) is 5.91 Å². The molecule has 4 heteroatoms. The molecule has 0 radical (unpaired) electrons. The topological polar surface area (TPSA) is 45.5 Å². The maximum atomic E-state index is 12.4. The highest BCUT2D eigenvalue weighted by Crippen LogP contribution is 2.23. The number of amides is 1. The second-order valence-electron chi connectivity index (χ2n) is 5.22. The molecule has 2 heterocycles. The zero-order chi connectivity index (χ0) is 14.1. The van der Waals surface area contributed by atoms with E-state index in [1.54, 1.807) is 11.9 Å². The lowest BCUT2D eigenvalue weighted by molar-refractivity contribution is 0.0775. The minimum absolute atomic E-state index is 0.0220. The van der Waals surface area contributed by atoms with Gasteiger partial charge in [-0.15, -0.1) is 0 Å². The van der Waals surface area contributed by atoms with Gasteiger partial charge in [-0.2, -0.15) is 0 Å². The van der Waals surface area contributed by atoms with E-state index in [2.05, 4.69) is 5.32 Å². The van der Waals surface area contributed by atoms with Gasteiger partial charge < -0.3 is 14.6 Å². The van der Waals surface area contributed by atoms with Crippen LogP contribution in [0.4, 0.5) is 5.69 Å². The summed E-state index contributed by atoms with van der Waals surface area (Å²) in [4.78, 5) is 14.1. The van der Waals surface area contributed by atoms with Gasteiger partial charge in [-0.25, -0.2) is 0 Å².